The molecule has 3 heterocycles. The molecule has 0 spiro atoms. The first-order valence-corrected chi connectivity index (χ1v) is 9.59. The zero-order valence-corrected chi connectivity index (χ0v) is 15.5. The maximum absolute atomic E-state index is 12.7. The van der Waals surface area contributed by atoms with Crippen LogP contribution in [0, 0.1) is 0 Å². The van der Waals surface area contributed by atoms with E-state index in [1.54, 1.807) is 4.90 Å². The minimum Gasteiger partial charge on any atom is -0.366 e. The van der Waals surface area contributed by atoms with Crippen molar-refractivity contribution in [2.24, 2.45) is 0 Å². The van der Waals surface area contributed by atoms with Crippen LogP contribution in [0.4, 0.5) is 17.5 Å². The molecule has 6 heteroatoms. The van der Waals surface area contributed by atoms with Crippen molar-refractivity contribution in [1.29, 1.82) is 0 Å². The number of fused-ring (bicyclic) bond motifs is 2. The lowest BCUT2D eigenvalue weighted by molar-refractivity contribution is -0.116. The van der Waals surface area contributed by atoms with E-state index < -0.39 is 0 Å². The number of aromatic nitrogens is 2. The number of amides is 1. The summed E-state index contributed by atoms with van der Waals surface area (Å²) >= 11 is 0. The van der Waals surface area contributed by atoms with Gasteiger partial charge in [0, 0.05) is 31.6 Å². The summed E-state index contributed by atoms with van der Waals surface area (Å²) in [5.74, 6) is 1.28. The fourth-order valence-electron chi connectivity index (χ4n) is 3.83. The highest BCUT2D eigenvalue weighted by Gasteiger charge is 2.31. The predicted octanol–water partition coefficient (Wildman–Crippen LogP) is 2.96. The van der Waals surface area contributed by atoms with Gasteiger partial charge in [-0.1, -0.05) is 48.5 Å². The van der Waals surface area contributed by atoms with Gasteiger partial charge in [-0.15, -0.1) is 0 Å². The molecule has 0 aliphatic carbocycles. The maximum atomic E-state index is 12.7. The van der Waals surface area contributed by atoms with Crippen molar-refractivity contribution in [1.82, 2.24) is 15.3 Å². The maximum Gasteiger partial charge on any atom is 0.239 e. The predicted molar refractivity (Wildman–Crippen MR) is 109 cm³/mol. The second-order valence-corrected chi connectivity index (χ2v) is 7.10. The summed E-state index contributed by atoms with van der Waals surface area (Å²) in [5.41, 5.74) is 5.19. The van der Waals surface area contributed by atoms with Crippen molar-refractivity contribution in [3.05, 3.63) is 77.0 Å². The molecule has 1 aromatic heterocycles. The fourth-order valence-corrected chi connectivity index (χ4v) is 3.83. The standard InChI is InChI=1S/C22H21N5O/c28-20-12-16-8-4-5-9-19(16)27(20)22-25-18-10-11-23-14-17(18)21(26-22)24-13-15-6-2-1-3-7-15/h1-9,23H,10-14H2,(H,24,25,26). The Balaban J connectivity index is 1.53. The van der Waals surface area contributed by atoms with Gasteiger partial charge in [-0.3, -0.25) is 4.79 Å². The summed E-state index contributed by atoms with van der Waals surface area (Å²) < 4.78 is 0. The number of para-hydroxylation sites is 1. The van der Waals surface area contributed by atoms with Gasteiger partial charge in [-0.2, -0.15) is 4.98 Å². The second-order valence-electron chi connectivity index (χ2n) is 7.10. The Kier molecular flexibility index (Phi) is 4.25. The Morgan fingerprint density at radius 1 is 1.04 bits per heavy atom. The van der Waals surface area contributed by atoms with Gasteiger partial charge in [0.25, 0.3) is 0 Å². The fraction of sp³-hybridized carbons (Fsp3) is 0.227. The molecule has 0 saturated carbocycles. The number of benzene rings is 2. The van der Waals surface area contributed by atoms with E-state index in [-0.39, 0.29) is 5.91 Å². The molecule has 0 saturated heterocycles. The molecule has 5 rings (SSSR count). The average Bonchev–Trinajstić information content (AvgIpc) is 3.08. The van der Waals surface area contributed by atoms with Crippen molar-refractivity contribution in [2.75, 3.05) is 16.8 Å². The minimum absolute atomic E-state index is 0.0177. The van der Waals surface area contributed by atoms with E-state index in [0.29, 0.717) is 18.9 Å². The van der Waals surface area contributed by atoms with E-state index in [4.69, 9.17) is 9.97 Å². The largest absolute Gasteiger partial charge is 0.366 e. The van der Waals surface area contributed by atoms with Gasteiger partial charge in [0.2, 0.25) is 11.9 Å². The Morgan fingerprint density at radius 3 is 2.75 bits per heavy atom. The highest BCUT2D eigenvalue weighted by molar-refractivity contribution is 6.06. The van der Waals surface area contributed by atoms with Gasteiger partial charge >= 0.3 is 0 Å². The number of nitrogens with one attached hydrogen (secondary N) is 2. The smallest absolute Gasteiger partial charge is 0.239 e. The van der Waals surface area contributed by atoms with Crippen molar-refractivity contribution in [3.63, 3.8) is 0 Å². The zero-order valence-electron chi connectivity index (χ0n) is 15.5. The van der Waals surface area contributed by atoms with Gasteiger partial charge in [0.05, 0.1) is 17.8 Å². The topological polar surface area (TPSA) is 70.2 Å². The van der Waals surface area contributed by atoms with Gasteiger partial charge in [-0.25, -0.2) is 9.88 Å². The van der Waals surface area contributed by atoms with E-state index in [1.807, 2.05) is 42.5 Å². The lowest BCUT2D eigenvalue weighted by Crippen LogP contribution is -2.29. The summed E-state index contributed by atoms with van der Waals surface area (Å²) in [5, 5.41) is 6.86. The second kappa shape index (κ2) is 7.05. The number of carbonyl (C=O) groups is 1. The summed E-state index contributed by atoms with van der Waals surface area (Å²) in [4.78, 5) is 23.9. The summed E-state index contributed by atoms with van der Waals surface area (Å²) in [7, 11) is 0. The van der Waals surface area contributed by atoms with E-state index in [9.17, 15) is 4.79 Å². The number of nitrogens with zero attached hydrogens (tertiary/aromatic N) is 3. The van der Waals surface area contributed by atoms with Crippen molar-refractivity contribution in [3.8, 4) is 0 Å². The first-order chi connectivity index (χ1) is 13.8. The summed E-state index contributed by atoms with van der Waals surface area (Å²) in [6, 6.07) is 18.1. The molecular formula is C22H21N5O. The SMILES string of the molecule is O=C1Cc2ccccc2N1c1nc2c(c(NCc3ccccc3)n1)CNCC2. The molecule has 0 radical (unpaired) electrons. The first kappa shape index (κ1) is 16.9. The van der Waals surface area contributed by atoms with Crippen molar-refractivity contribution >= 4 is 23.4 Å². The Bertz CT molecular complexity index is 1030. The molecule has 140 valence electrons. The van der Waals surface area contributed by atoms with Gasteiger partial charge in [0.1, 0.15) is 5.82 Å². The molecule has 0 unspecified atom stereocenters. The van der Waals surface area contributed by atoms with Crippen LogP contribution in [-0.2, 0) is 30.7 Å². The van der Waals surface area contributed by atoms with E-state index >= 15 is 0 Å². The quantitative estimate of drug-likeness (QED) is 0.738. The van der Waals surface area contributed by atoms with Crippen LogP contribution in [0.3, 0.4) is 0 Å². The van der Waals surface area contributed by atoms with Crippen LogP contribution >= 0.6 is 0 Å². The van der Waals surface area contributed by atoms with Crippen molar-refractivity contribution < 1.29 is 4.79 Å². The van der Waals surface area contributed by atoms with E-state index in [0.717, 1.165) is 47.8 Å². The minimum atomic E-state index is 0.0177. The normalized spacial score (nSPS) is 15.3. The number of hydrogen-bond donors (Lipinski definition) is 2. The van der Waals surface area contributed by atoms with E-state index in [2.05, 4.69) is 22.8 Å². The van der Waals surface area contributed by atoms with Crippen LogP contribution in [0.15, 0.2) is 54.6 Å². The number of hydrogen-bond acceptors (Lipinski definition) is 5. The lowest BCUT2D eigenvalue weighted by Gasteiger charge is -2.23. The molecule has 6 nitrogen and oxygen atoms in total. The van der Waals surface area contributed by atoms with Crippen LogP contribution < -0.4 is 15.5 Å². The Hall–Kier alpha value is -3.25. The summed E-state index contributed by atoms with van der Waals surface area (Å²) in [6.07, 6.45) is 1.22. The Morgan fingerprint density at radius 2 is 1.86 bits per heavy atom. The van der Waals surface area contributed by atoms with Crippen LogP contribution in [0.1, 0.15) is 22.4 Å². The third kappa shape index (κ3) is 3.01. The zero-order chi connectivity index (χ0) is 18.9. The molecule has 0 fully saturated rings. The number of carbonyl (C=O) groups excluding carboxylic acids is 1. The molecule has 2 aliphatic heterocycles. The molecule has 0 atom stereocenters. The molecular weight excluding hydrogens is 350 g/mol. The van der Waals surface area contributed by atoms with Gasteiger partial charge < -0.3 is 10.6 Å². The van der Waals surface area contributed by atoms with Gasteiger partial charge in [-0.05, 0) is 17.2 Å². The monoisotopic (exact) mass is 371 g/mol. The molecule has 2 aromatic carbocycles. The number of anilines is 3. The third-order valence-corrected chi connectivity index (χ3v) is 5.25. The highest BCUT2D eigenvalue weighted by atomic mass is 16.2. The molecule has 2 aliphatic rings. The average molecular weight is 371 g/mol. The summed E-state index contributed by atoms with van der Waals surface area (Å²) in [6.45, 7) is 2.29. The first-order valence-electron chi connectivity index (χ1n) is 9.59. The van der Waals surface area contributed by atoms with Gasteiger partial charge in [0.15, 0.2) is 0 Å². The Labute approximate surface area is 163 Å². The molecule has 28 heavy (non-hydrogen) atoms. The number of rotatable bonds is 4. The lowest BCUT2D eigenvalue weighted by atomic mass is 10.1. The third-order valence-electron chi connectivity index (χ3n) is 5.25. The molecule has 3 aromatic rings. The highest BCUT2D eigenvalue weighted by Crippen LogP contribution is 2.35. The van der Waals surface area contributed by atoms with Crippen LogP contribution in [-0.4, -0.2) is 22.4 Å². The molecule has 0 bridgehead atoms. The molecule has 1 amide bonds. The van der Waals surface area contributed by atoms with E-state index in [1.165, 1.54) is 5.56 Å². The van der Waals surface area contributed by atoms with Crippen molar-refractivity contribution in [2.45, 2.75) is 25.9 Å². The van der Waals surface area contributed by atoms with Crippen LogP contribution in [0.2, 0.25) is 0 Å². The molecule has 2 N–H and O–H groups in total. The van der Waals surface area contributed by atoms with Crippen LogP contribution in [0.25, 0.3) is 0 Å². The van der Waals surface area contributed by atoms with Crippen LogP contribution in [0.5, 0.6) is 0 Å².